The first-order valence-electron chi connectivity index (χ1n) is 7.00. The molecule has 114 valence electrons. The number of nitrogens with one attached hydrogen (secondary N) is 1. The van der Waals surface area contributed by atoms with Crippen LogP contribution in [0, 0.1) is 6.92 Å². The predicted molar refractivity (Wildman–Crippen MR) is 86.3 cm³/mol. The number of amides is 1. The maximum atomic E-state index is 12.5. The Hall–Kier alpha value is -2.18. The van der Waals surface area contributed by atoms with Crippen molar-refractivity contribution in [1.29, 1.82) is 0 Å². The van der Waals surface area contributed by atoms with Crippen LogP contribution >= 0.6 is 11.3 Å². The standard InChI is InChI=1S/C16H16N2O3S/c1-3-20-8-12-11-6-4-5-7-13(11)21-14(12)15(19)18-16-17-10(2)9-22-16/h4-7,9H,3,8H2,1-2H3,(H,17,18,19). The number of thiazole rings is 1. The third-order valence-corrected chi connectivity index (χ3v) is 4.07. The van der Waals surface area contributed by atoms with Crippen LogP contribution in [0.15, 0.2) is 34.1 Å². The van der Waals surface area contributed by atoms with Crippen molar-refractivity contribution in [1.82, 2.24) is 4.98 Å². The normalized spacial score (nSPS) is 11.0. The molecule has 1 N–H and O–H groups in total. The molecular formula is C16H16N2O3S. The molecule has 6 heteroatoms. The molecule has 0 bridgehead atoms. The van der Waals surface area contributed by atoms with Gasteiger partial charge in [-0.15, -0.1) is 11.3 Å². The van der Waals surface area contributed by atoms with Gasteiger partial charge in [-0.3, -0.25) is 10.1 Å². The molecule has 0 atom stereocenters. The van der Waals surface area contributed by atoms with Crippen molar-refractivity contribution < 1.29 is 13.9 Å². The fourth-order valence-electron chi connectivity index (χ4n) is 2.19. The van der Waals surface area contributed by atoms with Gasteiger partial charge in [-0.2, -0.15) is 0 Å². The van der Waals surface area contributed by atoms with Gasteiger partial charge in [0, 0.05) is 22.9 Å². The lowest BCUT2D eigenvalue weighted by Gasteiger charge is -2.03. The van der Waals surface area contributed by atoms with Crippen LogP contribution in [0.3, 0.4) is 0 Å². The first-order valence-corrected chi connectivity index (χ1v) is 7.88. The van der Waals surface area contributed by atoms with E-state index in [1.807, 2.05) is 43.5 Å². The van der Waals surface area contributed by atoms with Crippen LogP contribution in [0.1, 0.15) is 28.7 Å². The van der Waals surface area contributed by atoms with E-state index in [1.165, 1.54) is 11.3 Å². The van der Waals surface area contributed by atoms with E-state index in [9.17, 15) is 4.79 Å². The van der Waals surface area contributed by atoms with Gasteiger partial charge in [0.05, 0.1) is 12.3 Å². The molecule has 2 heterocycles. The van der Waals surface area contributed by atoms with E-state index < -0.39 is 0 Å². The van der Waals surface area contributed by atoms with Crippen molar-refractivity contribution in [3.05, 3.63) is 46.7 Å². The van der Waals surface area contributed by atoms with Gasteiger partial charge < -0.3 is 9.15 Å². The summed E-state index contributed by atoms with van der Waals surface area (Å²) in [5.74, 6) is -0.0252. The van der Waals surface area contributed by atoms with Crippen LogP contribution in [0.25, 0.3) is 11.0 Å². The first-order chi connectivity index (χ1) is 10.7. The number of furan rings is 1. The molecule has 0 fully saturated rings. The second kappa shape index (κ2) is 6.29. The summed E-state index contributed by atoms with van der Waals surface area (Å²) in [6.07, 6.45) is 0. The Morgan fingerprint density at radius 3 is 2.95 bits per heavy atom. The van der Waals surface area contributed by atoms with Gasteiger partial charge in [-0.1, -0.05) is 18.2 Å². The minimum atomic E-state index is -0.305. The number of ether oxygens (including phenoxy) is 1. The van der Waals surface area contributed by atoms with E-state index in [0.29, 0.717) is 23.9 Å². The fourth-order valence-corrected chi connectivity index (χ4v) is 2.88. The molecule has 5 nitrogen and oxygen atoms in total. The number of fused-ring (bicyclic) bond motifs is 1. The lowest BCUT2D eigenvalue weighted by Crippen LogP contribution is -2.13. The van der Waals surface area contributed by atoms with E-state index in [4.69, 9.17) is 9.15 Å². The Balaban J connectivity index is 1.95. The van der Waals surface area contributed by atoms with Crippen molar-refractivity contribution in [2.75, 3.05) is 11.9 Å². The lowest BCUT2D eigenvalue weighted by molar-refractivity contribution is 0.0984. The average molecular weight is 316 g/mol. The molecular weight excluding hydrogens is 300 g/mol. The first kappa shape index (κ1) is 14.7. The molecule has 0 saturated carbocycles. The third kappa shape index (κ3) is 2.88. The van der Waals surface area contributed by atoms with Gasteiger partial charge in [0.2, 0.25) is 0 Å². The van der Waals surface area contributed by atoms with E-state index in [-0.39, 0.29) is 11.7 Å². The Morgan fingerprint density at radius 2 is 2.23 bits per heavy atom. The number of rotatable bonds is 5. The number of anilines is 1. The average Bonchev–Trinajstić information content (AvgIpc) is 3.08. The molecule has 0 aliphatic rings. The molecule has 0 aliphatic carbocycles. The highest BCUT2D eigenvalue weighted by Gasteiger charge is 2.21. The third-order valence-electron chi connectivity index (χ3n) is 3.19. The van der Waals surface area contributed by atoms with E-state index in [2.05, 4.69) is 10.3 Å². The van der Waals surface area contributed by atoms with E-state index >= 15 is 0 Å². The smallest absolute Gasteiger partial charge is 0.293 e. The Kier molecular flexibility index (Phi) is 4.22. The van der Waals surface area contributed by atoms with E-state index in [0.717, 1.165) is 16.6 Å². The molecule has 0 radical (unpaired) electrons. The fraction of sp³-hybridized carbons (Fsp3) is 0.250. The predicted octanol–water partition coefficient (Wildman–Crippen LogP) is 3.99. The molecule has 0 aliphatic heterocycles. The van der Waals surface area contributed by atoms with Crippen LogP contribution in [-0.4, -0.2) is 17.5 Å². The zero-order chi connectivity index (χ0) is 15.5. The molecule has 3 aromatic rings. The maximum Gasteiger partial charge on any atom is 0.293 e. The number of aromatic nitrogens is 1. The number of hydrogen-bond donors (Lipinski definition) is 1. The van der Waals surface area contributed by atoms with Crippen LogP contribution in [0.4, 0.5) is 5.13 Å². The highest BCUT2D eigenvalue weighted by atomic mass is 32.1. The van der Waals surface area contributed by atoms with Crippen molar-refractivity contribution in [3.63, 3.8) is 0 Å². The van der Waals surface area contributed by atoms with Gasteiger partial charge in [0.25, 0.3) is 5.91 Å². The number of benzene rings is 1. The molecule has 3 rings (SSSR count). The van der Waals surface area contributed by atoms with Crippen molar-refractivity contribution in [2.45, 2.75) is 20.5 Å². The number of aryl methyl sites for hydroxylation is 1. The van der Waals surface area contributed by atoms with Gasteiger partial charge >= 0.3 is 0 Å². The summed E-state index contributed by atoms with van der Waals surface area (Å²) >= 11 is 1.39. The zero-order valence-corrected chi connectivity index (χ0v) is 13.2. The van der Waals surface area contributed by atoms with Crippen LogP contribution in [-0.2, 0) is 11.3 Å². The van der Waals surface area contributed by atoms with Gasteiger partial charge in [-0.25, -0.2) is 4.98 Å². The second-order valence-electron chi connectivity index (χ2n) is 4.79. The molecule has 0 saturated heterocycles. The van der Waals surface area contributed by atoms with Crippen LogP contribution in [0.5, 0.6) is 0 Å². The summed E-state index contributed by atoms with van der Waals surface area (Å²) < 4.78 is 11.2. The number of carbonyl (C=O) groups excluding carboxylic acids is 1. The Bertz CT molecular complexity index is 807. The monoisotopic (exact) mass is 316 g/mol. The van der Waals surface area contributed by atoms with Crippen molar-refractivity contribution in [2.24, 2.45) is 0 Å². The zero-order valence-electron chi connectivity index (χ0n) is 12.4. The number of nitrogens with zero attached hydrogens (tertiary/aromatic N) is 1. The Labute approximate surface area is 131 Å². The van der Waals surface area contributed by atoms with Gasteiger partial charge in [0.1, 0.15) is 5.58 Å². The topological polar surface area (TPSA) is 64.4 Å². The number of carbonyl (C=O) groups is 1. The number of para-hydroxylation sites is 1. The molecule has 22 heavy (non-hydrogen) atoms. The molecule has 2 aromatic heterocycles. The summed E-state index contributed by atoms with van der Waals surface area (Å²) in [5.41, 5.74) is 2.32. The van der Waals surface area contributed by atoms with E-state index in [1.54, 1.807) is 0 Å². The quantitative estimate of drug-likeness (QED) is 0.773. The Morgan fingerprint density at radius 1 is 1.41 bits per heavy atom. The largest absolute Gasteiger partial charge is 0.451 e. The maximum absolute atomic E-state index is 12.5. The summed E-state index contributed by atoms with van der Waals surface area (Å²) in [5, 5.41) is 6.12. The second-order valence-corrected chi connectivity index (χ2v) is 5.65. The summed E-state index contributed by atoms with van der Waals surface area (Å²) in [7, 11) is 0. The van der Waals surface area contributed by atoms with Crippen LogP contribution < -0.4 is 5.32 Å². The number of hydrogen-bond acceptors (Lipinski definition) is 5. The summed E-state index contributed by atoms with van der Waals surface area (Å²) in [4.78, 5) is 16.7. The summed E-state index contributed by atoms with van der Waals surface area (Å²) in [6, 6.07) is 7.56. The molecule has 0 unspecified atom stereocenters. The summed E-state index contributed by atoms with van der Waals surface area (Å²) in [6.45, 7) is 4.72. The highest BCUT2D eigenvalue weighted by molar-refractivity contribution is 7.13. The SMILES string of the molecule is CCOCc1c(C(=O)Nc2nc(C)cs2)oc2ccccc12. The van der Waals surface area contributed by atoms with Crippen molar-refractivity contribution >= 4 is 33.3 Å². The minimum absolute atomic E-state index is 0.280. The minimum Gasteiger partial charge on any atom is -0.451 e. The lowest BCUT2D eigenvalue weighted by atomic mass is 10.1. The molecule has 1 aromatic carbocycles. The highest BCUT2D eigenvalue weighted by Crippen LogP contribution is 2.27. The van der Waals surface area contributed by atoms with Crippen molar-refractivity contribution in [3.8, 4) is 0 Å². The van der Waals surface area contributed by atoms with Gasteiger partial charge in [-0.05, 0) is 19.9 Å². The molecule has 0 spiro atoms. The van der Waals surface area contributed by atoms with Crippen LogP contribution in [0.2, 0.25) is 0 Å². The van der Waals surface area contributed by atoms with Gasteiger partial charge in [0.15, 0.2) is 10.9 Å². The molecule has 1 amide bonds.